The SMILES string of the molecule is OCCC[n+]1ccccc1. The van der Waals surface area contributed by atoms with Gasteiger partial charge in [0, 0.05) is 25.2 Å². The van der Waals surface area contributed by atoms with Gasteiger partial charge in [0.1, 0.15) is 0 Å². The summed E-state index contributed by atoms with van der Waals surface area (Å²) in [4.78, 5) is 0. The third-order valence-electron chi connectivity index (χ3n) is 1.35. The van der Waals surface area contributed by atoms with Crippen LogP contribution in [0.2, 0.25) is 0 Å². The number of hydrogen-bond donors (Lipinski definition) is 1. The zero-order chi connectivity index (χ0) is 7.23. The number of aliphatic hydroxyl groups is 1. The molecule has 1 aromatic heterocycles. The predicted octanol–water partition coefficient (Wildman–Crippen LogP) is 0.356. The summed E-state index contributed by atoms with van der Waals surface area (Å²) >= 11 is 0. The van der Waals surface area contributed by atoms with E-state index < -0.39 is 0 Å². The number of hydrogen-bond acceptors (Lipinski definition) is 1. The molecule has 0 unspecified atom stereocenters. The summed E-state index contributed by atoms with van der Waals surface area (Å²) in [6.45, 7) is 1.17. The van der Waals surface area contributed by atoms with E-state index >= 15 is 0 Å². The Labute approximate surface area is 60.8 Å². The second-order valence-corrected chi connectivity index (χ2v) is 2.19. The maximum atomic E-state index is 8.51. The van der Waals surface area contributed by atoms with Crippen LogP contribution in [0.4, 0.5) is 0 Å². The standard InChI is InChI=1S/C8H12NO/c10-8-4-7-9-5-2-1-3-6-9/h1-3,5-6,10H,4,7-8H2/q+1. The first kappa shape index (κ1) is 7.22. The fraction of sp³-hybridized carbons (Fsp3) is 0.375. The van der Waals surface area contributed by atoms with E-state index in [9.17, 15) is 0 Å². The molecule has 0 atom stereocenters. The van der Waals surface area contributed by atoms with Gasteiger partial charge in [-0.2, -0.15) is 0 Å². The van der Waals surface area contributed by atoms with Gasteiger partial charge in [-0.15, -0.1) is 0 Å². The highest BCUT2D eigenvalue weighted by Gasteiger charge is 1.93. The Kier molecular flexibility index (Phi) is 2.90. The average Bonchev–Trinajstić information content (AvgIpc) is 2.03. The monoisotopic (exact) mass is 138 g/mol. The highest BCUT2D eigenvalue weighted by atomic mass is 16.3. The van der Waals surface area contributed by atoms with Gasteiger partial charge in [-0.1, -0.05) is 6.07 Å². The van der Waals surface area contributed by atoms with Crippen molar-refractivity contribution < 1.29 is 9.67 Å². The summed E-state index contributed by atoms with van der Waals surface area (Å²) in [5.41, 5.74) is 0. The van der Waals surface area contributed by atoms with E-state index in [0.717, 1.165) is 13.0 Å². The summed E-state index contributed by atoms with van der Waals surface area (Å²) in [7, 11) is 0. The van der Waals surface area contributed by atoms with Gasteiger partial charge in [0.25, 0.3) is 0 Å². The highest BCUT2D eigenvalue weighted by molar-refractivity contribution is 4.83. The van der Waals surface area contributed by atoms with Crippen LogP contribution in [-0.4, -0.2) is 11.7 Å². The summed E-state index contributed by atoms with van der Waals surface area (Å²) in [5.74, 6) is 0. The topological polar surface area (TPSA) is 24.1 Å². The molecule has 0 amide bonds. The Morgan fingerprint density at radius 3 is 2.40 bits per heavy atom. The first-order valence-electron chi connectivity index (χ1n) is 3.48. The van der Waals surface area contributed by atoms with Crippen molar-refractivity contribution >= 4 is 0 Å². The average molecular weight is 138 g/mol. The highest BCUT2D eigenvalue weighted by Crippen LogP contribution is 1.79. The molecule has 2 heteroatoms. The molecule has 0 bridgehead atoms. The summed E-state index contributed by atoms with van der Waals surface area (Å²) in [5, 5.41) is 8.51. The Balaban J connectivity index is 2.43. The van der Waals surface area contributed by atoms with Crippen molar-refractivity contribution in [2.24, 2.45) is 0 Å². The number of aromatic nitrogens is 1. The van der Waals surface area contributed by atoms with Gasteiger partial charge in [0.05, 0.1) is 0 Å². The molecule has 0 aromatic carbocycles. The minimum atomic E-state index is 0.266. The molecule has 1 N–H and O–H groups in total. The quantitative estimate of drug-likeness (QED) is 0.599. The minimum absolute atomic E-state index is 0.266. The molecule has 1 heterocycles. The molecular formula is C8H12NO+. The molecule has 1 aromatic rings. The van der Waals surface area contributed by atoms with Gasteiger partial charge in [-0.05, 0) is 0 Å². The maximum Gasteiger partial charge on any atom is 0.168 e. The van der Waals surface area contributed by atoms with Crippen molar-refractivity contribution in [3.63, 3.8) is 0 Å². The second kappa shape index (κ2) is 4.01. The van der Waals surface area contributed by atoms with Crippen LogP contribution in [0.5, 0.6) is 0 Å². The van der Waals surface area contributed by atoms with Gasteiger partial charge in [-0.3, -0.25) is 0 Å². The van der Waals surface area contributed by atoms with Crippen LogP contribution in [0.1, 0.15) is 6.42 Å². The molecule has 0 saturated heterocycles. The lowest BCUT2D eigenvalue weighted by molar-refractivity contribution is -0.697. The number of aryl methyl sites for hydroxylation is 1. The van der Waals surface area contributed by atoms with Gasteiger partial charge in [0.2, 0.25) is 0 Å². The molecule has 0 saturated carbocycles. The number of nitrogens with zero attached hydrogens (tertiary/aromatic N) is 1. The fourth-order valence-electron chi connectivity index (χ4n) is 0.837. The summed E-state index contributed by atoms with van der Waals surface area (Å²) in [6, 6.07) is 5.95. The summed E-state index contributed by atoms with van der Waals surface area (Å²) < 4.78 is 2.05. The normalized spacial score (nSPS) is 9.70. The fourth-order valence-corrected chi connectivity index (χ4v) is 0.837. The molecule has 1 rings (SSSR count). The lowest BCUT2D eigenvalue weighted by atomic mass is 10.4. The van der Waals surface area contributed by atoms with Crippen LogP contribution in [0.25, 0.3) is 0 Å². The van der Waals surface area contributed by atoms with E-state index in [4.69, 9.17) is 5.11 Å². The largest absolute Gasteiger partial charge is 0.396 e. The van der Waals surface area contributed by atoms with E-state index in [1.165, 1.54) is 0 Å². The van der Waals surface area contributed by atoms with Gasteiger partial charge in [-0.25, -0.2) is 4.57 Å². The molecule has 0 aliphatic carbocycles. The predicted molar refractivity (Wildman–Crippen MR) is 38.3 cm³/mol. The van der Waals surface area contributed by atoms with Crippen LogP contribution < -0.4 is 4.57 Å². The van der Waals surface area contributed by atoms with E-state index in [-0.39, 0.29) is 6.61 Å². The second-order valence-electron chi connectivity index (χ2n) is 2.19. The first-order chi connectivity index (χ1) is 4.93. The third kappa shape index (κ3) is 2.15. The van der Waals surface area contributed by atoms with E-state index in [2.05, 4.69) is 4.57 Å². The maximum absolute atomic E-state index is 8.51. The first-order valence-corrected chi connectivity index (χ1v) is 3.48. The third-order valence-corrected chi connectivity index (χ3v) is 1.35. The van der Waals surface area contributed by atoms with Crippen molar-refractivity contribution in [3.8, 4) is 0 Å². The van der Waals surface area contributed by atoms with Crippen molar-refractivity contribution in [2.45, 2.75) is 13.0 Å². The molecular weight excluding hydrogens is 126 g/mol. The lowest BCUT2D eigenvalue weighted by Crippen LogP contribution is -2.32. The molecule has 0 aliphatic rings. The van der Waals surface area contributed by atoms with E-state index in [1.807, 2.05) is 30.6 Å². The lowest BCUT2D eigenvalue weighted by Gasteiger charge is -1.91. The summed E-state index contributed by atoms with van der Waals surface area (Å²) in [6.07, 6.45) is 4.82. The van der Waals surface area contributed by atoms with Crippen LogP contribution in [0, 0.1) is 0 Å². The molecule has 0 fully saturated rings. The van der Waals surface area contributed by atoms with E-state index in [0.29, 0.717) is 0 Å². The molecule has 0 spiro atoms. The number of aliphatic hydroxyl groups excluding tert-OH is 1. The zero-order valence-electron chi connectivity index (χ0n) is 5.90. The number of rotatable bonds is 3. The Hall–Kier alpha value is -0.890. The Bertz CT molecular complexity index is 174. The molecule has 10 heavy (non-hydrogen) atoms. The zero-order valence-corrected chi connectivity index (χ0v) is 5.90. The number of pyridine rings is 1. The van der Waals surface area contributed by atoms with Crippen molar-refractivity contribution in [2.75, 3.05) is 6.61 Å². The molecule has 0 radical (unpaired) electrons. The van der Waals surface area contributed by atoms with Crippen molar-refractivity contribution in [1.29, 1.82) is 0 Å². The van der Waals surface area contributed by atoms with Crippen LogP contribution in [-0.2, 0) is 6.54 Å². The van der Waals surface area contributed by atoms with Gasteiger partial charge >= 0.3 is 0 Å². The van der Waals surface area contributed by atoms with E-state index in [1.54, 1.807) is 0 Å². The van der Waals surface area contributed by atoms with Gasteiger partial charge < -0.3 is 5.11 Å². The Morgan fingerprint density at radius 2 is 1.80 bits per heavy atom. The van der Waals surface area contributed by atoms with Crippen LogP contribution in [0.15, 0.2) is 30.6 Å². The minimum Gasteiger partial charge on any atom is -0.396 e. The van der Waals surface area contributed by atoms with Crippen LogP contribution in [0.3, 0.4) is 0 Å². The molecule has 0 aliphatic heterocycles. The molecule has 2 nitrogen and oxygen atoms in total. The van der Waals surface area contributed by atoms with Crippen LogP contribution >= 0.6 is 0 Å². The molecule has 54 valence electrons. The van der Waals surface area contributed by atoms with Crippen molar-refractivity contribution in [3.05, 3.63) is 30.6 Å². The smallest absolute Gasteiger partial charge is 0.168 e. The van der Waals surface area contributed by atoms with Gasteiger partial charge in [0.15, 0.2) is 18.9 Å². The van der Waals surface area contributed by atoms with Crippen molar-refractivity contribution in [1.82, 2.24) is 0 Å². The Morgan fingerprint density at radius 1 is 1.10 bits per heavy atom.